The van der Waals surface area contributed by atoms with Crippen molar-refractivity contribution in [3.05, 3.63) is 29.8 Å². The van der Waals surface area contributed by atoms with Crippen molar-refractivity contribution < 1.29 is 9.18 Å². The SMILES string of the molecule is CCSCC[C@H](C)N(C)C(=O)c1ccnc(F)c1. The summed E-state index contributed by atoms with van der Waals surface area (Å²) in [6, 6.07) is 2.86. The normalized spacial score (nSPS) is 12.2. The lowest BCUT2D eigenvalue weighted by Crippen LogP contribution is -2.35. The molecule has 0 unspecified atom stereocenters. The minimum absolute atomic E-state index is 0.146. The Morgan fingerprint density at radius 1 is 1.61 bits per heavy atom. The van der Waals surface area contributed by atoms with E-state index in [0.717, 1.165) is 17.9 Å². The predicted octanol–water partition coefficient (Wildman–Crippen LogP) is 2.82. The highest BCUT2D eigenvalue weighted by atomic mass is 32.2. The fourth-order valence-electron chi connectivity index (χ4n) is 1.53. The highest BCUT2D eigenvalue weighted by molar-refractivity contribution is 7.99. The van der Waals surface area contributed by atoms with Crippen molar-refractivity contribution in [1.29, 1.82) is 0 Å². The van der Waals surface area contributed by atoms with Crippen molar-refractivity contribution >= 4 is 17.7 Å². The van der Waals surface area contributed by atoms with Crippen LogP contribution in [0.2, 0.25) is 0 Å². The van der Waals surface area contributed by atoms with Gasteiger partial charge in [-0.15, -0.1) is 0 Å². The number of carbonyl (C=O) groups is 1. The first-order valence-electron chi connectivity index (χ1n) is 6.02. The van der Waals surface area contributed by atoms with Crippen LogP contribution in [0.3, 0.4) is 0 Å². The number of pyridine rings is 1. The molecule has 0 saturated carbocycles. The highest BCUT2D eigenvalue weighted by Gasteiger charge is 2.17. The minimum atomic E-state index is -0.622. The van der Waals surface area contributed by atoms with Gasteiger partial charge >= 0.3 is 0 Å². The van der Waals surface area contributed by atoms with Gasteiger partial charge in [-0.2, -0.15) is 16.2 Å². The Hall–Kier alpha value is -1.10. The standard InChI is InChI=1S/C13H19FN2OS/c1-4-18-8-6-10(2)16(3)13(17)11-5-7-15-12(14)9-11/h5,7,9-10H,4,6,8H2,1-3H3/t10-/m0/s1. The van der Waals surface area contributed by atoms with Crippen molar-refractivity contribution in [3.63, 3.8) is 0 Å². The number of amides is 1. The third-order valence-corrected chi connectivity index (χ3v) is 3.77. The van der Waals surface area contributed by atoms with Gasteiger partial charge in [0.2, 0.25) is 5.95 Å². The molecule has 1 rings (SSSR count). The Kier molecular flexibility index (Phi) is 6.12. The Morgan fingerprint density at radius 2 is 2.33 bits per heavy atom. The summed E-state index contributed by atoms with van der Waals surface area (Å²) < 4.78 is 13.0. The zero-order valence-electron chi connectivity index (χ0n) is 11.0. The molecule has 0 aliphatic rings. The van der Waals surface area contributed by atoms with Gasteiger partial charge in [-0.3, -0.25) is 4.79 Å². The van der Waals surface area contributed by atoms with Gasteiger partial charge < -0.3 is 4.90 Å². The molecular formula is C13H19FN2OS. The Bertz CT molecular complexity index is 400. The fourth-order valence-corrected chi connectivity index (χ4v) is 2.33. The van der Waals surface area contributed by atoms with Gasteiger partial charge in [0, 0.05) is 30.9 Å². The maximum Gasteiger partial charge on any atom is 0.254 e. The first-order chi connectivity index (χ1) is 8.56. The van der Waals surface area contributed by atoms with Crippen LogP contribution in [0.1, 0.15) is 30.6 Å². The van der Waals surface area contributed by atoms with Crippen LogP contribution in [-0.2, 0) is 0 Å². The Labute approximate surface area is 112 Å². The lowest BCUT2D eigenvalue weighted by Gasteiger charge is -2.24. The third-order valence-electron chi connectivity index (χ3n) is 2.84. The molecular weight excluding hydrogens is 251 g/mol. The molecule has 1 amide bonds. The van der Waals surface area contributed by atoms with Crippen molar-refractivity contribution in [2.24, 2.45) is 0 Å². The number of thioether (sulfide) groups is 1. The molecule has 0 aliphatic heterocycles. The summed E-state index contributed by atoms with van der Waals surface area (Å²) in [5.41, 5.74) is 0.347. The van der Waals surface area contributed by atoms with Gasteiger partial charge in [0.15, 0.2) is 0 Å². The van der Waals surface area contributed by atoms with E-state index in [4.69, 9.17) is 0 Å². The van der Waals surface area contributed by atoms with E-state index in [1.165, 1.54) is 18.3 Å². The second-order valence-corrected chi connectivity index (χ2v) is 5.51. The number of rotatable bonds is 6. The highest BCUT2D eigenvalue weighted by Crippen LogP contribution is 2.12. The molecule has 0 spiro atoms. The molecule has 3 nitrogen and oxygen atoms in total. The smallest absolute Gasteiger partial charge is 0.254 e. The van der Waals surface area contributed by atoms with Crippen LogP contribution >= 0.6 is 11.8 Å². The average molecular weight is 270 g/mol. The zero-order chi connectivity index (χ0) is 13.5. The monoisotopic (exact) mass is 270 g/mol. The summed E-state index contributed by atoms with van der Waals surface area (Å²) in [5.74, 6) is 1.33. The van der Waals surface area contributed by atoms with Gasteiger partial charge in [0.05, 0.1) is 0 Å². The number of hydrogen-bond acceptors (Lipinski definition) is 3. The van der Waals surface area contributed by atoms with Gasteiger partial charge in [-0.1, -0.05) is 6.92 Å². The summed E-state index contributed by atoms with van der Waals surface area (Å²) in [6.07, 6.45) is 2.25. The summed E-state index contributed by atoms with van der Waals surface area (Å²) in [4.78, 5) is 17.2. The molecule has 0 bridgehead atoms. The van der Waals surface area contributed by atoms with Crippen molar-refractivity contribution in [2.45, 2.75) is 26.3 Å². The molecule has 0 aromatic carbocycles. The Balaban J connectivity index is 2.60. The van der Waals surface area contributed by atoms with Crippen molar-refractivity contribution in [1.82, 2.24) is 9.88 Å². The van der Waals surface area contributed by atoms with Gasteiger partial charge in [-0.25, -0.2) is 4.98 Å². The number of nitrogens with zero attached hydrogens (tertiary/aromatic N) is 2. The molecule has 1 atom stereocenters. The van der Waals surface area contributed by atoms with Crippen LogP contribution in [0.15, 0.2) is 18.3 Å². The molecule has 1 aromatic rings. The molecule has 0 radical (unpaired) electrons. The second-order valence-electron chi connectivity index (χ2n) is 4.12. The van der Waals surface area contributed by atoms with Gasteiger partial charge in [0.1, 0.15) is 0 Å². The van der Waals surface area contributed by atoms with E-state index in [1.807, 2.05) is 18.7 Å². The summed E-state index contributed by atoms with van der Waals surface area (Å²) in [5, 5.41) is 0. The topological polar surface area (TPSA) is 33.2 Å². The molecule has 0 aliphatic carbocycles. The van der Waals surface area contributed by atoms with Gasteiger partial charge in [-0.05, 0) is 30.9 Å². The Morgan fingerprint density at radius 3 is 2.94 bits per heavy atom. The number of halogens is 1. The zero-order valence-corrected chi connectivity index (χ0v) is 11.8. The average Bonchev–Trinajstić information content (AvgIpc) is 2.37. The third kappa shape index (κ3) is 4.29. The van der Waals surface area contributed by atoms with E-state index >= 15 is 0 Å². The van der Waals surface area contributed by atoms with Crippen LogP contribution in [-0.4, -0.2) is 40.4 Å². The van der Waals surface area contributed by atoms with E-state index in [-0.39, 0.29) is 11.9 Å². The second kappa shape index (κ2) is 7.36. The number of hydrogen-bond donors (Lipinski definition) is 0. The molecule has 0 fully saturated rings. The van der Waals surface area contributed by atoms with Crippen molar-refractivity contribution in [3.8, 4) is 0 Å². The van der Waals surface area contributed by atoms with E-state index in [9.17, 15) is 9.18 Å². The predicted molar refractivity (Wildman–Crippen MR) is 73.4 cm³/mol. The van der Waals surface area contributed by atoms with Crippen LogP contribution in [0, 0.1) is 5.95 Å². The lowest BCUT2D eigenvalue weighted by atomic mass is 10.2. The summed E-state index contributed by atoms with van der Waals surface area (Å²) in [6.45, 7) is 4.12. The van der Waals surface area contributed by atoms with Crippen LogP contribution in [0.25, 0.3) is 0 Å². The quantitative estimate of drug-likeness (QED) is 0.588. The molecule has 1 aromatic heterocycles. The van der Waals surface area contributed by atoms with E-state index < -0.39 is 5.95 Å². The largest absolute Gasteiger partial charge is 0.339 e. The first-order valence-corrected chi connectivity index (χ1v) is 7.18. The van der Waals surface area contributed by atoms with Gasteiger partial charge in [0.25, 0.3) is 5.91 Å². The van der Waals surface area contributed by atoms with Crippen LogP contribution in [0.4, 0.5) is 4.39 Å². The molecule has 1 heterocycles. The molecule has 100 valence electrons. The van der Waals surface area contributed by atoms with E-state index in [1.54, 1.807) is 11.9 Å². The maximum absolute atomic E-state index is 13.0. The first kappa shape index (κ1) is 15.0. The summed E-state index contributed by atoms with van der Waals surface area (Å²) >= 11 is 1.86. The van der Waals surface area contributed by atoms with Crippen LogP contribution in [0.5, 0.6) is 0 Å². The molecule has 0 N–H and O–H groups in total. The summed E-state index contributed by atoms with van der Waals surface area (Å²) in [7, 11) is 1.75. The lowest BCUT2D eigenvalue weighted by molar-refractivity contribution is 0.0740. The molecule has 0 saturated heterocycles. The molecule has 5 heteroatoms. The number of carbonyl (C=O) groups excluding carboxylic acids is 1. The van der Waals surface area contributed by atoms with E-state index in [2.05, 4.69) is 11.9 Å². The van der Waals surface area contributed by atoms with Crippen molar-refractivity contribution in [2.75, 3.05) is 18.6 Å². The van der Waals surface area contributed by atoms with Crippen LogP contribution < -0.4 is 0 Å². The number of aromatic nitrogens is 1. The maximum atomic E-state index is 13.0. The fraction of sp³-hybridized carbons (Fsp3) is 0.538. The van der Waals surface area contributed by atoms with E-state index in [0.29, 0.717) is 5.56 Å². The minimum Gasteiger partial charge on any atom is -0.339 e. The molecule has 18 heavy (non-hydrogen) atoms.